The highest BCUT2D eigenvalue weighted by Crippen LogP contribution is 2.34. The lowest BCUT2D eigenvalue weighted by Crippen LogP contribution is -2.48. The molecule has 7 nitrogen and oxygen atoms in total. The highest BCUT2D eigenvalue weighted by Gasteiger charge is 2.47. The van der Waals surface area contributed by atoms with Crippen molar-refractivity contribution in [3.05, 3.63) is 54.3 Å². The molecule has 2 aliphatic heterocycles. The first-order valence-electron chi connectivity index (χ1n) is 9.25. The van der Waals surface area contributed by atoms with E-state index in [9.17, 15) is 17.6 Å². The number of nitrogens with zero attached hydrogens (tertiary/aromatic N) is 2. The molecule has 2 aliphatic rings. The van der Waals surface area contributed by atoms with Crippen LogP contribution in [0.15, 0.2) is 53.4 Å². The van der Waals surface area contributed by atoms with Gasteiger partial charge in [0.15, 0.2) is 0 Å². The Balaban J connectivity index is 1.42. The molecular weight excluding hydrogens is 399 g/mol. The predicted molar refractivity (Wildman–Crippen MR) is 103 cm³/mol. The zero-order chi connectivity index (χ0) is 20.6. The summed E-state index contributed by atoms with van der Waals surface area (Å²) in [6, 6.07) is 11.7. The van der Waals surface area contributed by atoms with Crippen LogP contribution < -0.4 is 4.74 Å². The van der Waals surface area contributed by atoms with Crippen molar-refractivity contribution < 1.29 is 27.1 Å². The Hall–Kier alpha value is -2.65. The Morgan fingerprint density at radius 2 is 1.55 bits per heavy atom. The SMILES string of the molecule is CN1CC2(CCN(S(=O)(=O)c3ccc(Oc4ccc(F)cc4)cc3)CC2)OC1=O. The van der Waals surface area contributed by atoms with Gasteiger partial charge in [-0.2, -0.15) is 4.31 Å². The second kappa shape index (κ2) is 7.31. The summed E-state index contributed by atoms with van der Waals surface area (Å²) in [6.45, 7) is 1.06. The molecule has 0 bridgehead atoms. The van der Waals surface area contributed by atoms with Crippen molar-refractivity contribution in [1.29, 1.82) is 0 Å². The third-order valence-corrected chi connectivity index (χ3v) is 7.20. The van der Waals surface area contributed by atoms with E-state index in [1.165, 1.54) is 45.6 Å². The molecule has 1 spiro atoms. The number of hydrogen-bond donors (Lipinski definition) is 0. The second-order valence-corrected chi connectivity index (χ2v) is 9.28. The van der Waals surface area contributed by atoms with E-state index < -0.39 is 15.6 Å². The molecule has 0 unspecified atom stereocenters. The minimum absolute atomic E-state index is 0.167. The van der Waals surface area contributed by atoms with Gasteiger partial charge in [0, 0.05) is 33.0 Å². The van der Waals surface area contributed by atoms with Crippen molar-refractivity contribution in [3.63, 3.8) is 0 Å². The minimum Gasteiger partial charge on any atom is -0.457 e. The molecule has 0 saturated carbocycles. The second-order valence-electron chi connectivity index (χ2n) is 7.34. The Labute approximate surface area is 168 Å². The van der Waals surface area contributed by atoms with Crippen LogP contribution in [0.25, 0.3) is 0 Å². The number of rotatable bonds is 4. The van der Waals surface area contributed by atoms with E-state index in [-0.39, 0.29) is 29.9 Å². The molecule has 2 fully saturated rings. The highest BCUT2D eigenvalue weighted by atomic mass is 32.2. The lowest BCUT2D eigenvalue weighted by Gasteiger charge is -2.36. The van der Waals surface area contributed by atoms with Crippen molar-refractivity contribution in [2.75, 3.05) is 26.7 Å². The summed E-state index contributed by atoms with van der Waals surface area (Å²) < 4.78 is 51.4. The van der Waals surface area contributed by atoms with Gasteiger partial charge in [0.25, 0.3) is 0 Å². The van der Waals surface area contributed by atoms with Crippen LogP contribution in [0.4, 0.5) is 9.18 Å². The molecule has 0 atom stereocenters. The zero-order valence-electron chi connectivity index (χ0n) is 15.9. The number of halogens is 1. The van der Waals surface area contributed by atoms with Crippen LogP contribution in [0.2, 0.25) is 0 Å². The minimum atomic E-state index is -3.66. The van der Waals surface area contributed by atoms with Crippen LogP contribution in [0, 0.1) is 5.82 Å². The Kier molecular flexibility index (Phi) is 4.95. The first-order valence-corrected chi connectivity index (χ1v) is 10.7. The number of piperidine rings is 1. The molecule has 2 saturated heterocycles. The maximum atomic E-state index is 13.0. The monoisotopic (exact) mass is 420 g/mol. The molecule has 2 aromatic rings. The number of likely N-dealkylation sites (N-methyl/N-ethyl adjacent to an activating group) is 1. The lowest BCUT2D eigenvalue weighted by atomic mass is 9.92. The number of benzene rings is 2. The fraction of sp³-hybridized carbons (Fsp3) is 0.350. The van der Waals surface area contributed by atoms with Crippen molar-refractivity contribution in [2.45, 2.75) is 23.3 Å². The fourth-order valence-corrected chi connectivity index (χ4v) is 5.10. The van der Waals surface area contributed by atoms with E-state index in [4.69, 9.17) is 9.47 Å². The van der Waals surface area contributed by atoms with Gasteiger partial charge in [0.1, 0.15) is 22.9 Å². The Morgan fingerprint density at radius 1 is 1.00 bits per heavy atom. The third kappa shape index (κ3) is 3.92. The van der Waals surface area contributed by atoms with Crippen LogP contribution in [-0.4, -0.2) is 56.0 Å². The molecule has 0 radical (unpaired) electrons. The summed E-state index contributed by atoms with van der Waals surface area (Å²) in [7, 11) is -1.98. The molecule has 29 heavy (non-hydrogen) atoms. The Bertz CT molecular complexity index is 1000. The predicted octanol–water partition coefficient (Wildman–Crippen LogP) is 3.22. The van der Waals surface area contributed by atoms with Gasteiger partial charge >= 0.3 is 6.09 Å². The van der Waals surface area contributed by atoms with Gasteiger partial charge in [-0.1, -0.05) is 0 Å². The van der Waals surface area contributed by atoms with Crippen LogP contribution in [0.5, 0.6) is 11.5 Å². The van der Waals surface area contributed by atoms with E-state index in [0.717, 1.165) is 0 Å². The number of carbonyl (C=O) groups is 1. The molecule has 154 valence electrons. The van der Waals surface area contributed by atoms with E-state index in [1.54, 1.807) is 19.2 Å². The molecule has 9 heteroatoms. The standard InChI is InChI=1S/C20H21FN2O5S/c1-22-14-20(28-19(22)24)10-12-23(13-11-20)29(25,26)18-8-6-17(7-9-18)27-16-4-2-15(21)3-5-16/h2-9H,10-14H2,1H3. The van der Waals surface area contributed by atoms with Gasteiger partial charge in [-0.15, -0.1) is 0 Å². The fourth-order valence-electron chi connectivity index (χ4n) is 3.65. The van der Waals surface area contributed by atoms with E-state index in [1.807, 2.05) is 0 Å². The molecule has 2 aromatic carbocycles. The van der Waals surface area contributed by atoms with Crippen molar-refractivity contribution in [3.8, 4) is 11.5 Å². The number of carbonyl (C=O) groups excluding carboxylic acids is 1. The smallest absolute Gasteiger partial charge is 0.410 e. The molecule has 0 aromatic heterocycles. The van der Waals surface area contributed by atoms with Gasteiger partial charge in [-0.25, -0.2) is 17.6 Å². The van der Waals surface area contributed by atoms with Crippen molar-refractivity contribution >= 4 is 16.1 Å². The summed E-state index contributed by atoms with van der Waals surface area (Å²) in [5.41, 5.74) is -0.593. The van der Waals surface area contributed by atoms with Crippen LogP contribution in [-0.2, 0) is 14.8 Å². The number of sulfonamides is 1. The van der Waals surface area contributed by atoms with Crippen LogP contribution >= 0.6 is 0 Å². The summed E-state index contributed by atoms with van der Waals surface area (Å²) in [6.07, 6.45) is 0.570. The Morgan fingerprint density at radius 3 is 2.07 bits per heavy atom. The van der Waals surface area contributed by atoms with Crippen molar-refractivity contribution in [1.82, 2.24) is 9.21 Å². The van der Waals surface area contributed by atoms with Crippen LogP contribution in [0.1, 0.15) is 12.8 Å². The normalized spacial score (nSPS) is 19.4. The highest BCUT2D eigenvalue weighted by molar-refractivity contribution is 7.89. The molecule has 0 N–H and O–H groups in total. The molecule has 2 heterocycles. The topological polar surface area (TPSA) is 76.2 Å². The van der Waals surface area contributed by atoms with Gasteiger partial charge in [0.2, 0.25) is 10.0 Å². The maximum absolute atomic E-state index is 13.0. The number of amides is 1. The number of ether oxygens (including phenoxy) is 2. The molecule has 1 amide bonds. The summed E-state index contributed by atoms with van der Waals surface area (Å²) in [5, 5.41) is 0. The van der Waals surface area contributed by atoms with Gasteiger partial charge in [0.05, 0.1) is 11.4 Å². The first kappa shape index (κ1) is 19.7. The molecule has 4 rings (SSSR count). The summed E-state index contributed by atoms with van der Waals surface area (Å²) in [5.74, 6) is 0.551. The molecular formula is C20H21FN2O5S. The zero-order valence-corrected chi connectivity index (χ0v) is 16.7. The van der Waals surface area contributed by atoms with Gasteiger partial charge in [-0.3, -0.25) is 0 Å². The van der Waals surface area contributed by atoms with E-state index in [2.05, 4.69) is 0 Å². The largest absolute Gasteiger partial charge is 0.457 e. The summed E-state index contributed by atoms with van der Waals surface area (Å²) in [4.78, 5) is 13.4. The lowest BCUT2D eigenvalue weighted by molar-refractivity contribution is 0.0172. The van der Waals surface area contributed by atoms with E-state index in [0.29, 0.717) is 30.9 Å². The quantitative estimate of drug-likeness (QED) is 0.759. The first-order chi connectivity index (χ1) is 13.8. The third-order valence-electron chi connectivity index (χ3n) is 5.29. The van der Waals surface area contributed by atoms with Crippen molar-refractivity contribution in [2.24, 2.45) is 0 Å². The van der Waals surface area contributed by atoms with Crippen LogP contribution in [0.3, 0.4) is 0 Å². The average Bonchev–Trinajstić information content (AvgIpc) is 2.97. The maximum Gasteiger partial charge on any atom is 0.410 e. The van der Waals surface area contributed by atoms with Gasteiger partial charge < -0.3 is 14.4 Å². The van der Waals surface area contributed by atoms with E-state index >= 15 is 0 Å². The van der Waals surface area contributed by atoms with Gasteiger partial charge in [-0.05, 0) is 48.5 Å². The average molecular weight is 420 g/mol. The molecule has 0 aliphatic carbocycles. The number of hydrogen-bond acceptors (Lipinski definition) is 5. The summed E-state index contributed by atoms with van der Waals surface area (Å²) >= 11 is 0.